The fraction of sp³-hybridized carbons (Fsp3) is 0.316. The number of aryl methyl sites for hydroxylation is 1. The Labute approximate surface area is 160 Å². The van der Waals surface area contributed by atoms with Gasteiger partial charge in [-0.05, 0) is 48.7 Å². The second-order valence-electron chi connectivity index (χ2n) is 6.13. The van der Waals surface area contributed by atoms with Crippen LogP contribution in [0, 0.1) is 0 Å². The molecule has 0 radical (unpaired) electrons. The van der Waals surface area contributed by atoms with E-state index in [1.165, 1.54) is 5.56 Å². The minimum absolute atomic E-state index is 0.222. The second kappa shape index (κ2) is 8.56. The van der Waals surface area contributed by atoms with E-state index < -0.39 is 10.0 Å². The molecule has 2 rings (SSSR count). The first kappa shape index (κ1) is 20.3. The number of halogens is 1. The normalized spacial score (nSPS) is 12.5. The van der Waals surface area contributed by atoms with Crippen LogP contribution in [0.4, 0.5) is 5.69 Å². The number of nitrogens with one attached hydrogen (secondary N) is 1. The lowest BCUT2D eigenvalue weighted by molar-refractivity contribution is -0.120. The summed E-state index contributed by atoms with van der Waals surface area (Å²) in [5.41, 5.74) is 2.58. The van der Waals surface area contributed by atoms with E-state index in [0.29, 0.717) is 10.7 Å². The van der Waals surface area contributed by atoms with Crippen LogP contribution < -0.4 is 9.62 Å². The lowest BCUT2D eigenvalue weighted by atomic mass is 10.1. The molecule has 0 aromatic heterocycles. The number of nitrogens with zero attached hydrogens (tertiary/aromatic N) is 1. The number of benzene rings is 2. The van der Waals surface area contributed by atoms with Gasteiger partial charge in [0.05, 0.1) is 18.0 Å². The van der Waals surface area contributed by atoms with Gasteiger partial charge in [0.1, 0.15) is 6.54 Å². The van der Waals surface area contributed by atoms with Crippen molar-refractivity contribution in [3.05, 3.63) is 64.7 Å². The number of hydrogen-bond acceptors (Lipinski definition) is 3. The molecule has 0 aliphatic carbocycles. The van der Waals surface area contributed by atoms with Gasteiger partial charge in [0.25, 0.3) is 0 Å². The van der Waals surface area contributed by atoms with Gasteiger partial charge in [-0.2, -0.15) is 0 Å². The zero-order valence-corrected chi connectivity index (χ0v) is 16.6. The Kier molecular flexibility index (Phi) is 6.67. The lowest BCUT2D eigenvalue weighted by Gasteiger charge is -2.23. The van der Waals surface area contributed by atoms with Gasteiger partial charge in [-0.3, -0.25) is 9.10 Å². The summed E-state index contributed by atoms with van der Waals surface area (Å²) in [4.78, 5) is 12.4. The van der Waals surface area contributed by atoms with Crippen molar-refractivity contribution in [2.75, 3.05) is 17.1 Å². The van der Waals surface area contributed by atoms with Crippen LogP contribution in [-0.2, 0) is 21.2 Å². The molecule has 0 heterocycles. The summed E-state index contributed by atoms with van der Waals surface area (Å²) in [7, 11) is -3.61. The van der Waals surface area contributed by atoms with Crippen LogP contribution >= 0.6 is 11.6 Å². The molecular formula is C19H23ClN2O3S. The van der Waals surface area contributed by atoms with Crippen molar-refractivity contribution in [2.24, 2.45) is 0 Å². The number of sulfonamides is 1. The van der Waals surface area contributed by atoms with Gasteiger partial charge < -0.3 is 5.32 Å². The molecule has 1 unspecified atom stereocenters. The minimum atomic E-state index is -3.61. The molecule has 0 fully saturated rings. The van der Waals surface area contributed by atoms with Crippen LogP contribution in [0.1, 0.15) is 31.0 Å². The maximum atomic E-state index is 12.4. The highest BCUT2D eigenvalue weighted by Gasteiger charge is 2.21. The standard InChI is InChI=1S/C19H23ClN2O3S/c1-4-15-5-7-16(8-6-15)14(2)21-19(23)13-22(26(3,24)25)18-11-9-17(20)10-12-18/h5-12,14H,4,13H2,1-3H3,(H,21,23). The molecule has 2 aromatic carbocycles. The van der Waals surface area contributed by atoms with E-state index in [0.717, 1.165) is 22.5 Å². The van der Waals surface area contributed by atoms with Gasteiger partial charge >= 0.3 is 0 Å². The smallest absolute Gasteiger partial charge is 0.241 e. The van der Waals surface area contributed by atoms with Crippen LogP contribution in [0.25, 0.3) is 0 Å². The van der Waals surface area contributed by atoms with Gasteiger partial charge in [0.2, 0.25) is 15.9 Å². The highest BCUT2D eigenvalue weighted by atomic mass is 35.5. The summed E-state index contributed by atoms with van der Waals surface area (Å²) < 4.78 is 25.2. The second-order valence-corrected chi connectivity index (χ2v) is 8.47. The topological polar surface area (TPSA) is 66.5 Å². The predicted molar refractivity (Wildman–Crippen MR) is 106 cm³/mol. The number of hydrogen-bond donors (Lipinski definition) is 1. The third-order valence-electron chi connectivity index (χ3n) is 4.07. The third-order valence-corrected chi connectivity index (χ3v) is 5.46. The zero-order valence-electron chi connectivity index (χ0n) is 15.1. The fourth-order valence-electron chi connectivity index (χ4n) is 2.55. The maximum absolute atomic E-state index is 12.4. The number of carbonyl (C=O) groups excluding carboxylic acids is 1. The van der Waals surface area contributed by atoms with Gasteiger partial charge in [-0.25, -0.2) is 8.42 Å². The van der Waals surface area contributed by atoms with Crippen molar-refractivity contribution in [1.82, 2.24) is 5.32 Å². The Balaban J connectivity index is 2.10. The molecule has 0 aliphatic heterocycles. The highest BCUT2D eigenvalue weighted by molar-refractivity contribution is 7.92. The molecule has 1 N–H and O–H groups in total. The number of anilines is 1. The largest absolute Gasteiger partial charge is 0.348 e. The van der Waals surface area contributed by atoms with E-state index in [1.54, 1.807) is 24.3 Å². The molecule has 140 valence electrons. The van der Waals surface area contributed by atoms with E-state index in [-0.39, 0.29) is 18.5 Å². The molecule has 2 aromatic rings. The van der Waals surface area contributed by atoms with Crippen LogP contribution in [-0.4, -0.2) is 27.1 Å². The molecule has 1 amide bonds. The van der Waals surface area contributed by atoms with Crippen molar-refractivity contribution in [3.8, 4) is 0 Å². The molecule has 0 saturated carbocycles. The summed E-state index contributed by atoms with van der Waals surface area (Å²) in [6, 6.07) is 14.1. The molecule has 0 saturated heterocycles. The highest BCUT2D eigenvalue weighted by Crippen LogP contribution is 2.20. The van der Waals surface area contributed by atoms with Gasteiger partial charge in [-0.1, -0.05) is 42.8 Å². The minimum Gasteiger partial charge on any atom is -0.348 e. The van der Waals surface area contributed by atoms with Crippen molar-refractivity contribution < 1.29 is 13.2 Å². The monoisotopic (exact) mass is 394 g/mol. The number of carbonyl (C=O) groups is 1. The molecule has 0 aliphatic rings. The van der Waals surface area contributed by atoms with Crippen molar-refractivity contribution in [1.29, 1.82) is 0 Å². The third kappa shape index (κ3) is 5.47. The van der Waals surface area contributed by atoms with E-state index in [4.69, 9.17) is 11.6 Å². The van der Waals surface area contributed by atoms with Crippen molar-refractivity contribution in [3.63, 3.8) is 0 Å². The van der Waals surface area contributed by atoms with Crippen molar-refractivity contribution >= 4 is 33.2 Å². The van der Waals surface area contributed by atoms with Gasteiger partial charge in [0, 0.05) is 5.02 Å². The Bertz CT molecular complexity index is 849. The average molecular weight is 395 g/mol. The zero-order chi connectivity index (χ0) is 19.3. The van der Waals surface area contributed by atoms with Gasteiger partial charge in [-0.15, -0.1) is 0 Å². The van der Waals surface area contributed by atoms with Crippen LogP contribution in [0.5, 0.6) is 0 Å². The Morgan fingerprint density at radius 2 is 1.69 bits per heavy atom. The SMILES string of the molecule is CCc1ccc(C(C)NC(=O)CN(c2ccc(Cl)cc2)S(C)(=O)=O)cc1. The van der Waals surface area contributed by atoms with E-state index in [1.807, 2.05) is 31.2 Å². The number of amides is 1. The molecule has 7 heteroatoms. The quantitative estimate of drug-likeness (QED) is 0.780. The molecule has 26 heavy (non-hydrogen) atoms. The number of rotatable bonds is 7. The maximum Gasteiger partial charge on any atom is 0.241 e. The van der Waals surface area contributed by atoms with Crippen LogP contribution in [0.15, 0.2) is 48.5 Å². The molecule has 1 atom stereocenters. The van der Waals surface area contributed by atoms with Crippen LogP contribution in [0.3, 0.4) is 0 Å². The first-order valence-electron chi connectivity index (χ1n) is 8.32. The molecule has 0 spiro atoms. The fourth-order valence-corrected chi connectivity index (χ4v) is 3.53. The summed E-state index contributed by atoms with van der Waals surface area (Å²) in [6.45, 7) is 3.65. The van der Waals surface area contributed by atoms with E-state index in [2.05, 4.69) is 12.2 Å². The van der Waals surface area contributed by atoms with Crippen LogP contribution in [0.2, 0.25) is 5.02 Å². The Hall–Kier alpha value is -2.05. The van der Waals surface area contributed by atoms with Gasteiger partial charge in [0.15, 0.2) is 0 Å². The summed E-state index contributed by atoms with van der Waals surface area (Å²) >= 11 is 5.85. The van der Waals surface area contributed by atoms with E-state index >= 15 is 0 Å². The van der Waals surface area contributed by atoms with E-state index in [9.17, 15) is 13.2 Å². The van der Waals surface area contributed by atoms with Crippen molar-refractivity contribution in [2.45, 2.75) is 26.3 Å². The molecule has 5 nitrogen and oxygen atoms in total. The first-order chi connectivity index (χ1) is 12.2. The Morgan fingerprint density at radius 3 is 2.19 bits per heavy atom. The Morgan fingerprint density at radius 1 is 1.12 bits per heavy atom. The predicted octanol–water partition coefficient (Wildman–Crippen LogP) is 3.55. The summed E-state index contributed by atoms with van der Waals surface area (Å²) in [5, 5.41) is 3.34. The molecule has 0 bridgehead atoms. The first-order valence-corrected chi connectivity index (χ1v) is 10.5. The lowest BCUT2D eigenvalue weighted by Crippen LogP contribution is -2.41. The average Bonchev–Trinajstić information content (AvgIpc) is 2.59. The molecular weight excluding hydrogens is 372 g/mol. The summed E-state index contributed by atoms with van der Waals surface area (Å²) in [5.74, 6) is -0.377. The summed E-state index contributed by atoms with van der Waals surface area (Å²) in [6.07, 6.45) is 2.02.